The van der Waals surface area contributed by atoms with E-state index in [2.05, 4.69) is 159 Å². The number of benzene rings is 3. The topological polar surface area (TPSA) is 0 Å². The normalized spacial score (nSPS) is 10.6. The molecule has 0 fully saturated rings. The van der Waals surface area contributed by atoms with Gasteiger partial charge in [0, 0.05) is 33.4 Å². The van der Waals surface area contributed by atoms with E-state index in [1.165, 1.54) is 162 Å². The number of unbranched alkanes of at least 4 members (excludes halogenated alkanes) is 16. The Hall–Kier alpha value is -4.70. The first-order chi connectivity index (χ1) is 31.6. The van der Waals surface area contributed by atoms with E-state index in [-0.39, 0.29) is 0 Å². The zero-order valence-corrected chi connectivity index (χ0v) is 41.5. The van der Waals surface area contributed by atoms with E-state index < -0.39 is 0 Å². The van der Waals surface area contributed by atoms with E-state index in [1.807, 2.05) is 0 Å². The molecule has 0 saturated carbocycles. The van der Waals surface area contributed by atoms with Gasteiger partial charge >= 0.3 is 0 Å². The molecule has 2 heteroatoms. The van der Waals surface area contributed by atoms with Crippen molar-refractivity contribution in [3.8, 4) is 47.4 Å². The lowest BCUT2D eigenvalue weighted by atomic mass is 9.92. The molecule has 2 aromatic heterocycles. The quantitative estimate of drug-likeness (QED) is 0.0428. The monoisotopic (exact) mass is 883 g/mol. The van der Waals surface area contributed by atoms with E-state index in [0.29, 0.717) is 0 Å². The summed E-state index contributed by atoms with van der Waals surface area (Å²) in [5.41, 5.74) is 12.1. The Morgan fingerprint density at radius 2 is 0.594 bits per heavy atom. The first-order valence-corrected chi connectivity index (χ1v) is 26.9. The van der Waals surface area contributed by atoms with Gasteiger partial charge in [-0.1, -0.05) is 190 Å². The molecule has 2 heterocycles. The van der Waals surface area contributed by atoms with Gasteiger partial charge in [-0.05, 0) is 145 Å². The van der Waals surface area contributed by atoms with Gasteiger partial charge in [-0.2, -0.15) is 0 Å². The van der Waals surface area contributed by atoms with E-state index in [4.69, 9.17) is 0 Å². The summed E-state index contributed by atoms with van der Waals surface area (Å²) in [7, 11) is 0. The highest BCUT2D eigenvalue weighted by molar-refractivity contribution is 7.10. The van der Waals surface area contributed by atoms with E-state index >= 15 is 0 Å². The number of rotatable bonds is 24. The molecule has 0 unspecified atom stereocenters. The zero-order chi connectivity index (χ0) is 44.9. The summed E-state index contributed by atoms with van der Waals surface area (Å²) in [6.07, 6.45) is 29.4. The Morgan fingerprint density at radius 1 is 0.312 bits per heavy atom. The number of hydrogen-bond acceptors (Lipinski definition) is 2. The Morgan fingerprint density at radius 3 is 0.859 bits per heavy atom. The molecule has 5 aromatic rings. The molecule has 0 N–H and O–H groups in total. The van der Waals surface area contributed by atoms with Crippen LogP contribution in [0.3, 0.4) is 0 Å². The van der Waals surface area contributed by atoms with Crippen LogP contribution in [-0.2, 0) is 25.7 Å². The van der Waals surface area contributed by atoms with Gasteiger partial charge < -0.3 is 0 Å². The number of aryl methyl sites for hydroxylation is 4. The maximum absolute atomic E-state index is 3.66. The van der Waals surface area contributed by atoms with Crippen LogP contribution in [0, 0.1) is 47.4 Å². The molecule has 0 amide bonds. The molecular weight excluding hydrogens is 809 g/mol. The van der Waals surface area contributed by atoms with Crippen molar-refractivity contribution in [2.45, 2.75) is 182 Å². The molecule has 0 saturated heterocycles. The largest absolute Gasteiger partial charge is 0.135 e. The Kier molecular flexibility index (Phi) is 23.9. The standard InChI is InChI=1S/C62H74S2/c1-5-9-13-17-21-27-53-49-59(41-43-61-31-25-45-63-61)55(29-23-19-15-11-7-3)47-57(53)39-37-51-33-35-52(36-34-51)38-40-58-48-56(30-24-20-16-12-8-4)60(42-44-62-32-26-46-64-62)50-54(58)28-22-18-14-10-6-2/h25-26,31-36,45-50H,5-24,27-30H2,1-4H3. The van der Waals surface area contributed by atoms with Crippen molar-refractivity contribution in [3.63, 3.8) is 0 Å². The third kappa shape index (κ3) is 18.4. The van der Waals surface area contributed by atoms with Crippen LogP contribution in [0.1, 0.15) is 222 Å². The third-order valence-electron chi connectivity index (χ3n) is 12.1. The molecule has 64 heavy (non-hydrogen) atoms. The summed E-state index contributed by atoms with van der Waals surface area (Å²) in [6.45, 7) is 9.14. The maximum Gasteiger partial charge on any atom is 0.0772 e. The van der Waals surface area contributed by atoms with Gasteiger partial charge in [0.2, 0.25) is 0 Å². The number of hydrogen-bond donors (Lipinski definition) is 0. The van der Waals surface area contributed by atoms with Crippen molar-refractivity contribution in [2.24, 2.45) is 0 Å². The zero-order valence-electron chi connectivity index (χ0n) is 39.9. The van der Waals surface area contributed by atoms with Crippen molar-refractivity contribution < 1.29 is 0 Å². The molecule has 334 valence electrons. The first kappa shape index (κ1) is 50.3. The minimum absolute atomic E-state index is 1.02. The lowest BCUT2D eigenvalue weighted by molar-refractivity contribution is 0.629. The summed E-state index contributed by atoms with van der Waals surface area (Å²) < 4.78 is 0. The molecule has 0 aliphatic rings. The predicted molar refractivity (Wildman–Crippen MR) is 282 cm³/mol. The van der Waals surface area contributed by atoms with Crippen LogP contribution in [0.4, 0.5) is 0 Å². The molecule has 0 spiro atoms. The highest BCUT2D eigenvalue weighted by atomic mass is 32.1. The molecule has 5 rings (SSSR count). The molecule has 0 nitrogen and oxygen atoms in total. The summed E-state index contributed by atoms with van der Waals surface area (Å²) in [4.78, 5) is 2.24. The second kappa shape index (κ2) is 30.4. The van der Waals surface area contributed by atoms with Gasteiger partial charge in [-0.25, -0.2) is 0 Å². The van der Waals surface area contributed by atoms with E-state index in [0.717, 1.165) is 57.7 Å². The average Bonchev–Trinajstić information content (AvgIpc) is 4.05. The smallest absolute Gasteiger partial charge is 0.0772 e. The summed E-state index contributed by atoms with van der Waals surface area (Å²) in [5, 5.41) is 4.22. The maximum atomic E-state index is 3.66. The van der Waals surface area contributed by atoms with Crippen LogP contribution in [-0.4, -0.2) is 0 Å². The second-order valence-electron chi connectivity index (χ2n) is 17.5. The van der Waals surface area contributed by atoms with Gasteiger partial charge in [-0.15, -0.1) is 22.7 Å². The van der Waals surface area contributed by atoms with Gasteiger partial charge in [-0.3, -0.25) is 0 Å². The predicted octanol–water partition coefficient (Wildman–Crippen LogP) is 17.5. The summed E-state index contributed by atoms with van der Waals surface area (Å²) >= 11 is 3.43. The highest BCUT2D eigenvalue weighted by Gasteiger charge is 2.11. The lowest BCUT2D eigenvalue weighted by Crippen LogP contribution is -1.99. The van der Waals surface area contributed by atoms with Crippen molar-refractivity contribution in [1.29, 1.82) is 0 Å². The van der Waals surface area contributed by atoms with E-state index in [9.17, 15) is 0 Å². The fourth-order valence-corrected chi connectivity index (χ4v) is 9.36. The molecule has 3 aromatic carbocycles. The summed E-state index contributed by atoms with van der Waals surface area (Å²) in [5.74, 6) is 28.6. The molecular formula is C62H74S2. The first-order valence-electron chi connectivity index (χ1n) is 25.2. The SMILES string of the molecule is CCCCCCCc1cc(C#Cc2cccs2)c(CCCCCCC)cc1C#Cc1ccc(C#Cc2cc(CCCCCCC)c(C#Cc3cccs3)cc2CCCCCCC)cc1. The molecule has 0 aliphatic carbocycles. The molecule has 0 atom stereocenters. The van der Waals surface area contributed by atoms with E-state index in [1.54, 1.807) is 22.7 Å². The van der Waals surface area contributed by atoms with Crippen LogP contribution in [0.25, 0.3) is 0 Å². The van der Waals surface area contributed by atoms with Crippen LogP contribution < -0.4 is 0 Å². The highest BCUT2D eigenvalue weighted by Crippen LogP contribution is 2.24. The molecule has 0 bridgehead atoms. The van der Waals surface area contributed by atoms with Crippen molar-refractivity contribution in [2.75, 3.05) is 0 Å². The molecule has 0 radical (unpaired) electrons. The third-order valence-corrected chi connectivity index (χ3v) is 13.7. The van der Waals surface area contributed by atoms with Gasteiger partial charge in [0.15, 0.2) is 0 Å². The van der Waals surface area contributed by atoms with Gasteiger partial charge in [0.25, 0.3) is 0 Å². The fraction of sp³-hybridized carbons (Fsp3) is 0.452. The van der Waals surface area contributed by atoms with Crippen LogP contribution in [0.15, 0.2) is 83.6 Å². The lowest BCUT2D eigenvalue weighted by Gasteiger charge is -2.12. The Labute approximate surface area is 398 Å². The van der Waals surface area contributed by atoms with Crippen LogP contribution >= 0.6 is 22.7 Å². The van der Waals surface area contributed by atoms with Gasteiger partial charge in [0.05, 0.1) is 9.75 Å². The minimum Gasteiger partial charge on any atom is -0.135 e. The fourth-order valence-electron chi connectivity index (χ4n) is 8.22. The minimum atomic E-state index is 1.02. The second-order valence-corrected chi connectivity index (χ2v) is 19.4. The van der Waals surface area contributed by atoms with Crippen LogP contribution in [0.5, 0.6) is 0 Å². The van der Waals surface area contributed by atoms with Crippen LogP contribution in [0.2, 0.25) is 0 Å². The average molecular weight is 883 g/mol. The van der Waals surface area contributed by atoms with Crippen molar-refractivity contribution in [1.82, 2.24) is 0 Å². The Bertz CT molecular complexity index is 2170. The van der Waals surface area contributed by atoms with Gasteiger partial charge in [0.1, 0.15) is 0 Å². The molecule has 0 aliphatic heterocycles. The number of thiophene rings is 2. The summed E-state index contributed by atoms with van der Waals surface area (Å²) in [6, 6.07) is 26.5. The Balaban J connectivity index is 1.43. The van der Waals surface area contributed by atoms with Crippen molar-refractivity contribution >= 4 is 22.7 Å². The van der Waals surface area contributed by atoms with Crippen molar-refractivity contribution in [3.05, 3.63) is 149 Å².